The normalized spacial score (nSPS) is 14.7. The molecule has 0 bridgehead atoms. The van der Waals surface area contributed by atoms with Crippen molar-refractivity contribution in [3.05, 3.63) is 22.7 Å². The lowest BCUT2D eigenvalue weighted by Gasteiger charge is -2.13. The number of hydrogen-bond acceptors (Lipinski definition) is 4. The molecule has 1 aliphatic rings. The van der Waals surface area contributed by atoms with Crippen molar-refractivity contribution >= 4 is 17.6 Å². The zero-order valence-electron chi connectivity index (χ0n) is 8.98. The Kier molecular flexibility index (Phi) is 3.40. The third-order valence-corrected chi connectivity index (χ3v) is 2.91. The van der Waals surface area contributed by atoms with Crippen molar-refractivity contribution in [3.8, 4) is 11.5 Å². The predicted molar refractivity (Wildman–Crippen MR) is 61.6 cm³/mol. The summed E-state index contributed by atoms with van der Waals surface area (Å²) in [7, 11) is 0. The molecule has 1 unspecified atom stereocenters. The molecule has 1 aromatic carbocycles. The third-order valence-electron chi connectivity index (χ3n) is 2.63. The van der Waals surface area contributed by atoms with Gasteiger partial charge in [0.05, 0.1) is 11.4 Å². The summed E-state index contributed by atoms with van der Waals surface area (Å²) in [5.74, 6) is -0.133. The fourth-order valence-electron chi connectivity index (χ4n) is 1.77. The molecule has 0 amide bonds. The number of fused-ring (bicyclic) bond motifs is 1. The molecule has 1 heterocycles. The molecule has 0 aromatic heterocycles. The standard InChI is InChI=1S/C11H12ClNO4/c12-8-1-6(7(4-13)3-10(14)15)2-9-11(8)17-5-16-9/h1-2,7H,3-5,13H2,(H,14,15). The topological polar surface area (TPSA) is 81.8 Å². The van der Waals surface area contributed by atoms with E-state index >= 15 is 0 Å². The van der Waals surface area contributed by atoms with Gasteiger partial charge in [-0.25, -0.2) is 0 Å². The Bertz CT molecular complexity index is 449. The van der Waals surface area contributed by atoms with Crippen LogP contribution in [0.15, 0.2) is 12.1 Å². The zero-order valence-corrected chi connectivity index (χ0v) is 9.74. The molecule has 1 aliphatic heterocycles. The van der Waals surface area contributed by atoms with Crippen LogP contribution < -0.4 is 15.2 Å². The molecule has 3 N–H and O–H groups in total. The molecule has 1 atom stereocenters. The number of carboxylic acid groups (broad SMARTS) is 1. The van der Waals surface area contributed by atoms with Gasteiger partial charge < -0.3 is 20.3 Å². The SMILES string of the molecule is NCC(CC(=O)O)c1cc(Cl)c2c(c1)OCO2. The Balaban J connectivity index is 2.32. The van der Waals surface area contributed by atoms with Gasteiger partial charge in [-0.05, 0) is 24.2 Å². The quantitative estimate of drug-likeness (QED) is 0.856. The smallest absolute Gasteiger partial charge is 0.304 e. The van der Waals surface area contributed by atoms with E-state index in [9.17, 15) is 4.79 Å². The van der Waals surface area contributed by atoms with E-state index in [2.05, 4.69) is 0 Å². The van der Waals surface area contributed by atoms with Gasteiger partial charge in [-0.15, -0.1) is 0 Å². The van der Waals surface area contributed by atoms with E-state index in [1.54, 1.807) is 12.1 Å². The van der Waals surface area contributed by atoms with Crippen LogP contribution in [0.1, 0.15) is 17.9 Å². The van der Waals surface area contributed by atoms with Gasteiger partial charge in [-0.2, -0.15) is 0 Å². The Labute approximate surface area is 103 Å². The first-order valence-corrected chi connectivity index (χ1v) is 5.50. The third kappa shape index (κ3) is 2.45. The minimum absolute atomic E-state index is 0.0352. The fraction of sp³-hybridized carbons (Fsp3) is 0.364. The molecular formula is C11H12ClNO4. The summed E-state index contributed by atoms with van der Waals surface area (Å²) in [4.78, 5) is 10.7. The first-order chi connectivity index (χ1) is 8.11. The zero-order chi connectivity index (χ0) is 12.4. The summed E-state index contributed by atoms with van der Waals surface area (Å²) in [5.41, 5.74) is 6.32. The molecule has 5 nitrogen and oxygen atoms in total. The number of hydrogen-bond donors (Lipinski definition) is 2. The van der Waals surface area contributed by atoms with Gasteiger partial charge in [0.1, 0.15) is 0 Å². The minimum atomic E-state index is -0.894. The number of ether oxygens (including phenoxy) is 2. The number of aliphatic carboxylic acids is 1. The summed E-state index contributed by atoms with van der Waals surface area (Å²) in [6.45, 7) is 0.368. The molecule has 92 valence electrons. The van der Waals surface area contributed by atoms with Gasteiger partial charge in [0.25, 0.3) is 0 Å². The van der Waals surface area contributed by atoms with Crippen LogP contribution in [0.4, 0.5) is 0 Å². The molecule has 0 saturated heterocycles. The number of rotatable bonds is 4. The highest BCUT2D eigenvalue weighted by Crippen LogP contribution is 2.41. The van der Waals surface area contributed by atoms with E-state index in [0.29, 0.717) is 16.5 Å². The van der Waals surface area contributed by atoms with E-state index in [1.165, 1.54) is 0 Å². The first-order valence-electron chi connectivity index (χ1n) is 5.12. The van der Waals surface area contributed by atoms with E-state index < -0.39 is 5.97 Å². The molecule has 6 heteroatoms. The summed E-state index contributed by atoms with van der Waals surface area (Å²) >= 11 is 6.02. The highest BCUT2D eigenvalue weighted by molar-refractivity contribution is 6.32. The Morgan fingerprint density at radius 1 is 1.53 bits per heavy atom. The van der Waals surface area contributed by atoms with Gasteiger partial charge >= 0.3 is 5.97 Å². The van der Waals surface area contributed by atoms with Gasteiger partial charge in [-0.3, -0.25) is 4.79 Å². The van der Waals surface area contributed by atoms with Gasteiger partial charge in [-0.1, -0.05) is 11.6 Å². The monoisotopic (exact) mass is 257 g/mol. The lowest BCUT2D eigenvalue weighted by atomic mass is 9.95. The van der Waals surface area contributed by atoms with Crippen molar-refractivity contribution in [1.82, 2.24) is 0 Å². The Morgan fingerprint density at radius 3 is 2.94 bits per heavy atom. The summed E-state index contributed by atoms with van der Waals surface area (Å²) in [6.07, 6.45) is -0.0352. The lowest BCUT2D eigenvalue weighted by Crippen LogP contribution is -2.16. The van der Waals surface area contributed by atoms with Crippen molar-refractivity contribution in [2.75, 3.05) is 13.3 Å². The van der Waals surface area contributed by atoms with Crippen molar-refractivity contribution in [1.29, 1.82) is 0 Å². The van der Waals surface area contributed by atoms with E-state index in [1.807, 2.05) is 0 Å². The second-order valence-corrected chi connectivity index (χ2v) is 4.17. The molecular weight excluding hydrogens is 246 g/mol. The average molecular weight is 258 g/mol. The molecule has 1 aromatic rings. The Morgan fingerprint density at radius 2 is 2.29 bits per heavy atom. The van der Waals surface area contributed by atoms with E-state index in [0.717, 1.165) is 5.56 Å². The number of benzene rings is 1. The van der Waals surface area contributed by atoms with Crippen molar-refractivity contribution in [2.24, 2.45) is 5.73 Å². The number of halogens is 1. The summed E-state index contributed by atoms with van der Waals surface area (Å²) in [5, 5.41) is 9.21. The van der Waals surface area contributed by atoms with Gasteiger partial charge in [0.2, 0.25) is 6.79 Å². The maximum Gasteiger partial charge on any atom is 0.304 e. The van der Waals surface area contributed by atoms with Crippen molar-refractivity contribution in [2.45, 2.75) is 12.3 Å². The summed E-state index contributed by atoms with van der Waals surface area (Å²) < 4.78 is 10.4. The molecule has 0 aliphatic carbocycles. The van der Waals surface area contributed by atoms with Gasteiger partial charge in [0, 0.05) is 5.92 Å². The highest BCUT2D eigenvalue weighted by Gasteiger charge is 2.22. The van der Waals surface area contributed by atoms with Gasteiger partial charge in [0.15, 0.2) is 11.5 Å². The fourth-order valence-corrected chi connectivity index (χ4v) is 2.04. The molecule has 17 heavy (non-hydrogen) atoms. The second kappa shape index (κ2) is 4.81. The average Bonchev–Trinajstić information content (AvgIpc) is 2.74. The molecule has 0 saturated carbocycles. The van der Waals surface area contributed by atoms with E-state index in [4.69, 9.17) is 31.9 Å². The maximum atomic E-state index is 10.7. The van der Waals surface area contributed by atoms with Crippen molar-refractivity contribution < 1.29 is 19.4 Å². The molecule has 2 rings (SSSR count). The van der Waals surface area contributed by atoms with Crippen LogP contribution in [0.25, 0.3) is 0 Å². The second-order valence-electron chi connectivity index (χ2n) is 3.77. The number of carboxylic acids is 1. The van der Waals surface area contributed by atoms with Crippen LogP contribution in [-0.2, 0) is 4.79 Å². The van der Waals surface area contributed by atoms with Crippen LogP contribution in [0.3, 0.4) is 0 Å². The van der Waals surface area contributed by atoms with Crippen LogP contribution in [0.2, 0.25) is 5.02 Å². The van der Waals surface area contributed by atoms with Crippen molar-refractivity contribution in [3.63, 3.8) is 0 Å². The van der Waals surface area contributed by atoms with Crippen LogP contribution in [-0.4, -0.2) is 24.4 Å². The molecule has 0 radical (unpaired) electrons. The molecule has 0 fully saturated rings. The number of nitrogens with two attached hydrogens (primary N) is 1. The Hall–Kier alpha value is -1.46. The maximum absolute atomic E-state index is 10.7. The van der Waals surface area contributed by atoms with Crippen LogP contribution >= 0.6 is 11.6 Å². The molecule has 0 spiro atoms. The van der Waals surface area contributed by atoms with E-state index in [-0.39, 0.29) is 25.7 Å². The minimum Gasteiger partial charge on any atom is -0.481 e. The van der Waals surface area contributed by atoms with Crippen LogP contribution in [0, 0.1) is 0 Å². The largest absolute Gasteiger partial charge is 0.481 e. The van der Waals surface area contributed by atoms with Crippen LogP contribution in [0.5, 0.6) is 11.5 Å². The summed E-state index contributed by atoms with van der Waals surface area (Å²) in [6, 6.07) is 3.41. The first kappa shape index (κ1) is 12.0. The highest BCUT2D eigenvalue weighted by atomic mass is 35.5. The number of carbonyl (C=O) groups is 1. The predicted octanol–water partition coefficient (Wildman–Crippen LogP) is 1.59. The lowest BCUT2D eigenvalue weighted by molar-refractivity contribution is -0.137.